The Morgan fingerprint density at radius 3 is 2.65 bits per heavy atom. The summed E-state index contributed by atoms with van der Waals surface area (Å²) in [6, 6.07) is 5.99. The molecule has 0 aliphatic heterocycles. The molecular formula is C17H25NO2. The molecule has 0 radical (unpaired) electrons. The molecule has 1 aliphatic rings. The second-order valence-corrected chi connectivity index (χ2v) is 6.55. The Hall–Kier alpha value is -1.51. The molecule has 1 N–H and O–H groups in total. The number of anilines is 1. The maximum atomic E-state index is 12.0. The van der Waals surface area contributed by atoms with Crippen molar-refractivity contribution in [1.82, 2.24) is 0 Å². The fourth-order valence-electron chi connectivity index (χ4n) is 2.60. The third-order valence-corrected chi connectivity index (χ3v) is 3.53. The first-order chi connectivity index (χ1) is 9.37. The molecule has 2 rings (SSSR count). The normalized spacial score (nSPS) is 16.2. The third kappa shape index (κ3) is 3.75. The molecule has 1 aliphatic carbocycles. The van der Waals surface area contributed by atoms with Crippen LogP contribution in [-0.2, 0) is 22.4 Å². The van der Waals surface area contributed by atoms with E-state index in [1.165, 1.54) is 24.0 Å². The molecule has 0 bridgehead atoms. The summed E-state index contributed by atoms with van der Waals surface area (Å²) in [6.45, 7) is 7.53. The van der Waals surface area contributed by atoms with Crippen LogP contribution in [0.25, 0.3) is 0 Å². The first-order valence-electron chi connectivity index (χ1n) is 7.47. The van der Waals surface area contributed by atoms with Crippen molar-refractivity contribution >= 4 is 11.7 Å². The van der Waals surface area contributed by atoms with E-state index in [2.05, 4.69) is 23.5 Å². The lowest BCUT2D eigenvalue weighted by Gasteiger charge is -2.25. The van der Waals surface area contributed by atoms with Crippen molar-refractivity contribution in [3.8, 4) is 0 Å². The highest BCUT2D eigenvalue weighted by molar-refractivity contribution is 5.79. The molecule has 1 aromatic carbocycles. The van der Waals surface area contributed by atoms with Crippen molar-refractivity contribution in [2.24, 2.45) is 0 Å². The summed E-state index contributed by atoms with van der Waals surface area (Å²) in [5.41, 5.74) is 3.43. The van der Waals surface area contributed by atoms with Crippen LogP contribution >= 0.6 is 0 Å². The van der Waals surface area contributed by atoms with E-state index in [1.54, 1.807) is 0 Å². The van der Waals surface area contributed by atoms with Gasteiger partial charge >= 0.3 is 5.97 Å². The van der Waals surface area contributed by atoms with Crippen molar-refractivity contribution in [1.29, 1.82) is 0 Å². The van der Waals surface area contributed by atoms with Gasteiger partial charge in [-0.05, 0) is 70.6 Å². The van der Waals surface area contributed by atoms with Crippen LogP contribution in [-0.4, -0.2) is 17.6 Å². The van der Waals surface area contributed by atoms with Crippen LogP contribution in [0.1, 0.15) is 51.7 Å². The quantitative estimate of drug-likeness (QED) is 0.855. The Morgan fingerprint density at radius 2 is 1.95 bits per heavy atom. The first-order valence-corrected chi connectivity index (χ1v) is 7.47. The number of benzene rings is 1. The van der Waals surface area contributed by atoms with E-state index in [0.29, 0.717) is 0 Å². The summed E-state index contributed by atoms with van der Waals surface area (Å²) in [5, 5.41) is 3.32. The number of carbonyl (C=O) groups excluding carboxylic acids is 1. The summed E-state index contributed by atoms with van der Waals surface area (Å²) in [6.07, 6.45) is 4.73. The lowest BCUT2D eigenvalue weighted by atomic mass is 9.90. The number of carbonyl (C=O) groups is 1. The zero-order valence-corrected chi connectivity index (χ0v) is 13.0. The monoisotopic (exact) mass is 275 g/mol. The number of fused-ring (bicyclic) bond motifs is 1. The maximum Gasteiger partial charge on any atom is 0.328 e. The van der Waals surface area contributed by atoms with Gasteiger partial charge in [-0.2, -0.15) is 0 Å². The fraction of sp³-hybridized carbons (Fsp3) is 0.588. The minimum atomic E-state index is -0.441. The molecule has 0 aromatic heterocycles. The molecule has 1 unspecified atom stereocenters. The van der Waals surface area contributed by atoms with Gasteiger partial charge in [-0.25, -0.2) is 4.79 Å². The van der Waals surface area contributed by atoms with Crippen LogP contribution in [0.4, 0.5) is 5.69 Å². The van der Waals surface area contributed by atoms with Gasteiger partial charge in [0.15, 0.2) is 0 Å². The van der Waals surface area contributed by atoms with Gasteiger partial charge in [-0.3, -0.25) is 0 Å². The summed E-state index contributed by atoms with van der Waals surface area (Å²) in [4.78, 5) is 12.0. The van der Waals surface area contributed by atoms with Gasteiger partial charge in [0.25, 0.3) is 0 Å². The van der Waals surface area contributed by atoms with Gasteiger partial charge < -0.3 is 10.1 Å². The van der Waals surface area contributed by atoms with Crippen molar-refractivity contribution in [2.75, 3.05) is 5.32 Å². The second kappa shape index (κ2) is 5.86. The Kier molecular flexibility index (Phi) is 4.36. The van der Waals surface area contributed by atoms with Crippen molar-refractivity contribution < 1.29 is 9.53 Å². The van der Waals surface area contributed by atoms with Crippen molar-refractivity contribution in [3.05, 3.63) is 29.3 Å². The van der Waals surface area contributed by atoms with Crippen molar-refractivity contribution in [2.45, 2.75) is 65.0 Å². The summed E-state index contributed by atoms with van der Waals surface area (Å²) < 4.78 is 5.41. The van der Waals surface area contributed by atoms with Crippen molar-refractivity contribution in [3.63, 3.8) is 0 Å². The average Bonchev–Trinajstić information content (AvgIpc) is 2.37. The number of aryl methyl sites for hydroxylation is 1. The molecule has 20 heavy (non-hydrogen) atoms. The Morgan fingerprint density at radius 1 is 1.25 bits per heavy atom. The van der Waals surface area contributed by atoms with Crippen LogP contribution in [0.5, 0.6) is 0 Å². The summed E-state index contributed by atoms with van der Waals surface area (Å²) in [7, 11) is 0. The average molecular weight is 275 g/mol. The zero-order valence-electron chi connectivity index (χ0n) is 13.0. The number of ether oxygens (including phenoxy) is 1. The molecule has 0 saturated carbocycles. The Bertz CT molecular complexity index is 488. The van der Waals surface area contributed by atoms with Crippen LogP contribution in [0.3, 0.4) is 0 Å². The molecule has 110 valence electrons. The molecule has 0 spiro atoms. The predicted molar refractivity (Wildman–Crippen MR) is 82.0 cm³/mol. The van der Waals surface area contributed by atoms with E-state index in [-0.39, 0.29) is 12.0 Å². The van der Waals surface area contributed by atoms with E-state index in [9.17, 15) is 4.79 Å². The minimum absolute atomic E-state index is 0.203. The van der Waals surface area contributed by atoms with E-state index >= 15 is 0 Å². The highest BCUT2D eigenvalue weighted by Gasteiger charge is 2.22. The number of nitrogens with one attached hydrogen (secondary N) is 1. The molecule has 3 nitrogen and oxygen atoms in total. The van der Waals surface area contributed by atoms with E-state index in [4.69, 9.17) is 4.74 Å². The molecule has 0 fully saturated rings. The van der Waals surface area contributed by atoms with Gasteiger partial charge in [0, 0.05) is 5.69 Å². The lowest BCUT2D eigenvalue weighted by molar-refractivity contribution is -0.155. The summed E-state index contributed by atoms with van der Waals surface area (Å²) in [5.74, 6) is -0.203. The molecule has 1 aromatic rings. The van der Waals surface area contributed by atoms with Crippen LogP contribution in [0.2, 0.25) is 0 Å². The van der Waals surface area contributed by atoms with Crippen LogP contribution in [0, 0.1) is 0 Å². The number of esters is 1. The number of hydrogen-bond acceptors (Lipinski definition) is 3. The zero-order chi connectivity index (χ0) is 14.8. The van der Waals surface area contributed by atoms with Gasteiger partial charge in [-0.15, -0.1) is 0 Å². The Balaban J connectivity index is 2.08. The largest absolute Gasteiger partial charge is 0.458 e. The first kappa shape index (κ1) is 14.9. The topological polar surface area (TPSA) is 38.3 Å². The fourth-order valence-corrected chi connectivity index (χ4v) is 2.60. The van der Waals surface area contributed by atoms with Crippen LogP contribution in [0.15, 0.2) is 18.2 Å². The predicted octanol–water partition coefficient (Wildman–Crippen LogP) is 3.71. The van der Waals surface area contributed by atoms with Gasteiger partial charge in [0.2, 0.25) is 0 Å². The smallest absolute Gasteiger partial charge is 0.328 e. The second-order valence-electron chi connectivity index (χ2n) is 6.55. The molecular weight excluding hydrogens is 250 g/mol. The number of rotatable bonds is 3. The molecule has 3 heteroatoms. The lowest BCUT2D eigenvalue weighted by Crippen LogP contribution is -2.34. The summed E-state index contributed by atoms with van der Waals surface area (Å²) >= 11 is 0. The highest BCUT2D eigenvalue weighted by Crippen LogP contribution is 2.28. The maximum absolute atomic E-state index is 12.0. The standard InChI is InChI=1S/C17H25NO2/c1-12(16(19)20-17(2,3)4)18-15-11-7-9-13-8-5-6-10-14(13)15/h7,9,11-12,18H,5-6,8,10H2,1-4H3. The molecule has 0 heterocycles. The third-order valence-electron chi connectivity index (χ3n) is 3.53. The SMILES string of the molecule is CC(Nc1cccc2c1CCCC2)C(=O)OC(C)(C)C. The van der Waals surface area contributed by atoms with E-state index in [1.807, 2.05) is 27.7 Å². The Labute approximate surface area is 121 Å². The van der Waals surface area contributed by atoms with Gasteiger partial charge in [0.05, 0.1) is 0 Å². The molecule has 1 atom stereocenters. The number of hydrogen-bond donors (Lipinski definition) is 1. The van der Waals surface area contributed by atoms with Gasteiger partial charge in [0.1, 0.15) is 11.6 Å². The van der Waals surface area contributed by atoms with E-state index in [0.717, 1.165) is 18.5 Å². The van der Waals surface area contributed by atoms with E-state index < -0.39 is 5.60 Å². The minimum Gasteiger partial charge on any atom is -0.458 e. The van der Waals surface area contributed by atoms with Gasteiger partial charge in [-0.1, -0.05) is 12.1 Å². The van der Waals surface area contributed by atoms with Crippen LogP contribution < -0.4 is 5.32 Å². The molecule has 0 amide bonds. The highest BCUT2D eigenvalue weighted by atomic mass is 16.6. The molecule has 0 saturated heterocycles.